The van der Waals surface area contributed by atoms with E-state index in [1.165, 1.54) is 37.9 Å². The number of pyridine rings is 1. The normalized spacial score (nSPS) is 12.8. The van der Waals surface area contributed by atoms with E-state index >= 15 is 0 Å². The summed E-state index contributed by atoms with van der Waals surface area (Å²) >= 11 is -1.72. The number of para-hydroxylation sites is 3. The SMILES string of the molecule is CC(C)c1cc(-c2ccccc2)cc(C(C)C)c1-n1c(-c2[c-]ccc3c2Oc2ccccc2C3(C)C)nc2ccccc21.[CH3][Ge]([CH3])([CH3])[c]1ccc(-c2[c-]cccc2)nc1.[Ir]. The summed E-state index contributed by atoms with van der Waals surface area (Å²) in [7, 11) is 0. The maximum atomic E-state index is 6.73. The number of fused-ring (bicyclic) bond motifs is 3. The molecule has 2 aromatic heterocycles. The van der Waals surface area contributed by atoms with Gasteiger partial charge in [-0.25, -0.2) is 0 Å². The van der Waals surface area contributed by atoms with Gasteiger partial charge in [0.1, 0.15) is 5.75 Å². The molecular formula is C54H53GeIrN3O-2. The molecule has 0 unspecified atom stereocenters. The Morgan fingerprint density at radius 2 is 1.33 bits per heavy atom. The van der Waals surface area contributed by atoms with Gasteiger partial charge in [0.15, 0.2) is 0 Å². The first-order chi connectivity index (χ1) is 28.3. The van der Waals surface area contributed by atoms with Gasteiger partial charge in [-0.1, -0.05) is 113 Å². The summed E-state index contributed by atoms with van der Waals surface area (Å²) in [6.45, 7) is 13.7. The molecule has 0 saturated heterocycles. The third kappa shape index (κ3) is 8.33. The van der Waals surface area contributed by atoms with Crippen LogP contribution in [0.3, 0.4) is 0 Å². The van der Waals surface area contributed by atoms with Crippen molar-refractivity contribution in [3.63, 3.8) is 0 Å². The van der Waals surface area contributed by atoms with E-state index in [0.717, 1.165) is 50.7 Å². The molecule has 8 aromatic rings. The van der Waals surface area contributed by atoms with Crippen LogP contribution < -0.4 is 9.13 Å². The number of benzene rings is 6. The van der Waals surface area contributed by atoms with Crippen molar-refractivity contribution >= 4 is 28.7 Å². The van der Waals surface area contributed by atoms with Gasteiger partial charge in [-0.15, -0.1) is 18.2 Å². The van der Waals surface area contributed by atoms with E-state index < -0.39 is 13.3 Å². The molecule has 1 aliphatic rings. The Bertz CT molecular complexity index is 2720. The molecule has 0 N–H and O–H groups in total. The van der Waals surface area contributed by atoms with Gasteiger partial charge in [0, 0.05) is 42.5 Å². The fourth-order valence-electron chi connectivity index (χ4n) is 8.16. The Morgan fingerprint density at radius 1 is 0.667 bits per heavy atom. The Labute approximate surface area is 372 Å². The van der Waals surface area contributed by atoms with Crippen LogP contribution in [0.1, 0.15) is 75.6 Å². The molecule has 9 rings (SSSR count). The van der Waals surface area contributed by atoms with Crippen molar-refractivity contribution in [3.05, 3.63) is 180 Å². The largest absolute Gasteiger partial charge is 0 e. The second-order valence-corrected chi connectivity index (χ2v) is 28.4. The third-order valence-electron chi connectivity index (χ3n) is 11.5. The Kier molecular flexibility index (Phi) is 12.5. The number of imidazole rings is 1. The van der Waals surface area contributed by atoms with Crippen LogP contribution in [-0.4, -0.2) is 27.8 Å². The number of aromatic nitrogens is 3. The van der Waals surface area contributed by atoms with E-state index in [9.17, 15) is 0 Å². The van der Waals surface area contributed by atoms with Gasteiger partial charge >= 0.3 is 99.8 Å². The monoisotopic (exact) mass is 1030 g/mol. The van der Waals surface area contributed by atoms with Crippen molar-refractivity contribution in [2.24, 2.45) is 0 Å². The maximum Gasteiger partial charge on any atom is 0 e. The van der Waals surface area contributed by atoms with Crippen molar-refractivity contribution in [1.29, 1.82) is 0 Å². The topological polar surface area (TPSA) is 39.9 Å². The van der Waals surface area contributed by atoms with Gasteiger partial charge in [0.25, 0.3) is 0 Å². The van der Waals surface area contributed by atoms with Gasteiger partial charge in [-0.05, 0) is 64.4 Å². The van der Waals surface area contributed by atoms with E-state index in [2.05, 4.69) is 184 Å². The van der Waals surface area contributed by atoms with Gasteiger partial charge in [0.05, 0.1) is 16.9 Å². The summed E-state index contributed by atoms with van der Waals surface area (Å²) in [4.78, 5) is 9.84. The first-order valence-corrected chi connectivity index (χ1v) is 28.1. The summed E-state index contributed by atoms with van der Waals surface area (Å²) in [5, 5.41) is 0. The zero-order chi connectivity index (χ0) is 41.5. The van der Waals surface area contributed by atoms with Gasteiger partial charge < -0.3 is 9.30 Å². The number of rotatable bonds is 7. The van der Waals surface area contributed by atoms with Gasteiger partial charge in [-0.3, -0.25) is 4.98 Å². The molecule has 0 amide bonds. The number of nitrogens with zero attached hydrogens (tertiary/aromatic N) is 3. The molecule has 305 valence electrons. The average Bonchev–Trinajstić information content (AvgIpc) is 3.63. The summed E-state index contributed by atoms with van der Waals surface area (Å²) in [6.07, 6.45) is 2.04. The predicted octanol–water partition coefficient (Wildman–Crippen LogP) is 13.9. The van der Waals surface area contributed by atoms with E-state index in [4.69, 9.17) is 9.72 Å². The molecule has 0 aliphatic carbocycles. The van der Waals surface area contributed by atoms with Crippen LogP contribution in [0.4, 0.5) is 0 Å². The number of hydrogen-bond donors (Lipinski definition) is 0. The molecule has 4 nitrogen and oxygen atoms in total. The minimum atomic E-state index is -1.72. The molecule has 6 aromatic carbocycles. The molecule has 1 radical (unpaired) electrons. The standard InChI is InChI=1S/C40H37N2O.C14H16GeN.Ir/c1-25(2)30-23-28(27-15-8-7-9-16-27)24-31(26(3)4)37(30)42-35-21-12-11-20-34(35)41-39(42)29-17-14-19-33-38(29)43-36-22-13-10-18-32(36)40(33,5)6;1-15(2,3)13-9-10-14(16-11-13)12-7-5-4-6-8-12;/h7-16,18-26H,1-6H3;4-7,9-11H,1-3H3;/q2*-1;. The molecule has 6 heteroatoms. The minimum absolute atomic E-state index is 0. The predicted molar refractivity (Wildman–Crippen MR) is 249 cm³/mol. The van der Waals surface area contributed by atoms with Gasteiger partial charge in [-0.2, -0.15) is 0 Å². The third-order valence-corrected chi connectivity index (χ3v) is 15.8. The van der Waals surface area contributed by atoms with Crippen LogP contribution in [-0.2, 0) is 25.5 Å². The Hall–Kier alpha value is -5.07. The van der Waals surface area contributed by atoms with Crippen LogP contribution >= 0.6 is 0 Å². The van der Waals surface area contributed by atoms with Crippen LogP contribution in [0.15, 0.2) is 146 Å². The second kappa shape index (κ2) is 17.5. The first-order valence-electron chi connectivity index (χ1n) is 20.8. The molecule has 0 bridgehead atoms. The maximum absolute atomic E-state index is 6.73. The number of hydrogen-bond acceptors (Lipinski definition) is 3. The first kappa shape index (κ1) is 43.0. The fraction of sp³-hybridized carbons (Fsp3) is 0.222. The molecule has 3 heterocycles. The molecular weight excluding hydrogens is 971 g/mol. The summed E-state index contributed by atoms with van der Waals surface area (Å²) in [5.74, 6) is 10.3. The summed E-state index contributed by atoms with van der Waals surface area (Å²) < 4.78 is 10.6. The van der Waals surface area contributed by atoms with Crippen molar-refractivity contribution in [1.82, 2.24) is 14.5 Å². The molecule has 0 fully saturated rings. The quantitative estimate of drug-likeness (QED) is 0.118. The molecule has 60 heavy (non-hydrogen) atoms. The number of ether oxygens (including phenoxy) is 1. The van der Waals surface area contributed by atoms with Crippen LogP contribution in [0.5, 0.6) is 11.5 Å². The summed E-state index contributed by atoms with van der Waals surface area (Å²) in [5.41, 5.74) is 13.4. The molecule has 0 saturated carbocycles. The van der Waals surface area contributed by atoms with E-state index in [1.807, 2.05) is 42.6 Å². The zero-order valence-electron chi connectivity index (χ0n) is 36.1. The van der Waals surface area contributed by atoms with Crippen molar-refractivity contribution in [2.45, 2.75) is 76.1 Å². The van der Waals surface area contributed by atoms with Crippen molar-refractivity contribution < 1.29 is 24.8 Å². The summed E-state index contributed by atoms with van der Waals surface area (Å²) in [6, 6.07) is 55.5. The fourth-order valence-corrected chi connectivity index (χ4v) is 10.3. The van der Waals surface area contributed by atoms with E-state index in [0.29, 0.717) is 11.8 Å². The Balaban J connectivity index is 0.000000270. The van der Waals surface area contributed by atoms with E-state index in [1.54, 1.807) is 0 Å². The van der Waals surface area contributed by atoms with Gasteiger partial charge in [0.2, 0.25) is 0 Å². The average molecular weight is 1020 g/mol. The van der Waals surface area contributed by atoms with Crippen LogP contribution in [0, 0.1) is 12.1 Å². The van der Waals surface area contributed by atoms with Crippen LogP contribution in [0.2, 0.25) is 17.3 Å². The smallest absolute Gasteiger partial charge is 0 e. The second-order valence-electron chi connectivity index (χ2n) is 17.7. The van der Waals surface area contributed by atoms with Crippen molar-refractivity contribution in [2.75, 3.05) is 0 Å². The zero-order valence-corrected chi connectivity index (χ0v) is 40.6. The van der Waals surface area contributed by atoms with Crippen molar-refractivity contribution in [3.8, 4) is 51.0 Å². The molecule has 1 aliphatic heterocycles. The Morgan fingerprint density at radius 3 is 1.98 bits per heavy atom. The molecule has 0 spiro atoms. The minimum Gasteiger partial charge on any atom is 0 e. The van der Waals surface area contributed by atoms with Crippen LogP contribution in [0.25, 0.3) is 50.5 Å². The van der Waals surface area contributed by atoms with E-state index in [-0.39, 0.29) is 25.5 Å². The molecule has 0 atom stereocenters.